The van der Waals surface area contributed by atoms with Crippen molar-refractivity contribution in [1.29, 1.82) is 0 Å². The number of halogens is 2. The molecule has 0 aromatic carbocycles. The van der Waals surface area contributed by atoms with Crippen molar-refractivity contribution in [2.24, 2.45) is 0 Å². The smallest absolute Gasteiger partial charge is 0.352 e. The highest BCUT2D eigenvalue weighted by Crippen LogP contribution is 1.90. The Morgan fingerprint density at radius 3 is 1.77 bits per heavy atom. The molecule has 78 valence electrons. The van der Waals surface area contributed by atoms with Gasteiger partial charge in [-0.3, -0.25) is 0 Å². The molecular formula is C8H14F2O3. The summed E-state index contributed by atoms with van der Waals surface area (Å²) in [4.78, 5) is 8.59. The number of rotatable bonds is 4. The van der Waals surface area contributed by atoms with Gasteiger partial charge in [0.1, 0.15) is 0 Å². The molecule has 0 aliphatic carbocycles. The van der Waals surface area contributed by atoms with E-state index in [9.17, 15) is 8.78 Å². The molecule has 0 N–H and O–H groups in total. The molecule has 0 saturated carbocycles. The molecule has 3 nitrogen and oxygen atoms in total. The van der Waals surface area contributed by atoms with Crippen molar-refractivity contribution < 1.29 is 23.0 Å². The molecule has 0 amide bonds. The lowest BCUT2D eigenvalue weighted by atomic mass is 10.7. The Morgan fingerprint density at radius 1 is 1.31 bits per heavy atom. The molecule has 13 heavy (non-hydrogen) atoms. The van der Waals surface area contributed by atoms with Crippen molar-refractivity contribution in [3.8, 4) is 0 Å². The molecule has 0 unspecified atom stereocenters. The molecule has 0 spiro atoms. The number of ether oxygens (including phenoxy) is 2. The van der Waals surface area contributed by atoms with Crippen molar-refractivity contribution in [2.45, 2.75) is 27.1 Å². The summed E-state index contributed by atoms with van der Waals surface area (Å²) < 4.78 is 30.6. The van der Waals surface area contributed by atoms with Crippen LogP contribution in [0.2, 0.25) is 0 Å². The minimum Gasteiger partial charge on any atom is -0.353 e. The summed E-state index contributed by atoms with van der Waals surface area (Å²) in [7, 11) is 0. The summed E-state index contributed by atoms with van der Waals surface area (Å²) in [6.45, 7) is 7.25. The summed E-state index contributed by atoms with van der Waals surface area (Å²) in [5, 5.41) is 0. The van der Waals surface area contributed by atoms with Crippen LogP contribution >= 0.6 is 0 Å². The third-order valence-electron chi connectivity index (χ3n) is 0.880. The largest absolute Gasteiger partial charge is 0.353 e. The Kier molecular flexibility index (Phi) is 12.7. The van der Waals surface area contributed by atoms with Crippen molar-refractivity contribution in [3.63, 3.8) is 0 Å². The lowest BCUT2D eigenvalue weighted by Crippen LogP contribution is -2.11. The van der Waals surface area contributed by atoms with Gasteiger partial charge in [0.05, 0.1) is 0 Å². The van der Waals surface area contributed by atoms with Crippen molar-refractivity contribution in [2.75, 3.05) is 13.2 Å². The fourth-order valence-electron chi connectivity index (χ4n) is 0.518. The fraction of sp³-hybridized carbons (Fsp3) is 0.750. The first-order chi connectivity index (χ1) is 6.08. The van der Waals surface area contributed by atoms with E-state index >= 15 is 0 Å². The van der Waals surface area contributed by atoms with Crippen molar-refractivity contribution >= 4 is 5.94 Å². The first kappa shape index (κ1) is 14.7. The summed E-state index contributed by atoms with van der Waals surface area (Å²) in [5.74, 6) is 0.361. The van der Waals surface area contributed by atoms with E-state index in [4.69, 9.17) is 14.3 Å². The zero-order chi connectivity index (χ0) is 10.7. The molecule has 5 heteroatoms. The van der Waals surface area contributed by atoms with E-state index in [0.717, 1.165) is 13.2 Å². The Balaban J connectivity index is 0. The van der Waals surface area contributed by atoms with Crippen LogP contribution in [0, 0.1) is 0 Å². The Morgan fingerprint density at radius 2 is 1.62 bits per heavy atom. The predicted octanol–water partition coefficient (Wildman–Crippen LogP) is 2.00. The minimum atomic E-state index is -2.30. The van der Waals surface area contributed by atoms with E-state index in [1.165, 1.54) is 0 Å². The molecule has 0 aromatic heterocycles. The molecule has 0 heterocycles. The predicted molar refractivity (Wildman–Crippen MR) is 44.1 cm³/mol. The van der Waals surface area contributed by atoms with Gasteiger partial charge in [0.25, 0.3) is 0 Å². The maximum absolute atomic E-state index is 10.3. The highest BCUT2D eigenvalue weighted by Gasteiger charge is 1.94. The number of hydrogen-bond acceptors (Lipinski definition) is 3. The van der Waals surface area contributed by atoms with Gasteiger partial charge in [-0.15, -0.1) is 0 Å². The molecular weight excluding hydrogens is 182 g/mol. The van der Waals surface area contributed by atoms with Gasteiger partial charge in [-0.2, -0.15) is 8.78 Å². The van der Waals surface area contributed by atoms with Gasteiger partial charge < -0.3 is 9.47 Å². The number of carbonyl (C=O) groups excluding carboxylic acids is 1. The summed E-state index contributed by atoms with van der Waals surface area (Å²) in [5.41, 5.74) is 0. The van der Waals surface area contributed by atoms with Gasteiger partial charge in [-0.25, -0.2) is 4.79 Å². The maximum atomic E-state index is 10.3. The van der Waals surface area contributed by atoms with E-state index in [2.05, 4.69) is 0 Å². The third kappa shape index (κ3) is 18.3. The monoisotopic (exact) mass is 196 g/mol. The topological polar surface area (TPSA) is 35.5 Å². The highest BCUT2D eigenvalue weighted by molar-refractivity contribution is 5.45. The second kappa shape index (κ2) is 11.2. The van der Waals surface area contributed by atoms with Crippen LogP contribution in [-0.2, 0) is 14.3 Å². The van der Waals surface area contributed by atoms with E-state index in [1.807, 2.05) is 20.8 Å². The van der Waals surface area contributed by atoms with Crippen molar-refractivity contribution in [3.05, 3.63) is 6.08 Å². The normalized spacial score (nSPS) is 8.77. The Labute approximate surface area is 76.3 Å². The summed E-state index contributed by atoms with van der Waals surface area (Å²) in [6, 6.07) is 0. The molecule has 0 radical (unpaired) electrons. The SMILES string of the molecule is CCOC(C)OCC.O=C=C(F)F. The molecule has 0 bridgehead atoms. The lowest BCUT2D eigenvalue weighted by Gasteiger charge is -2.09. The molecule has 0 aliphatic heterocycles. The highest BCUT2D eigenvalue weighted by atomic mass is 19.3. The molecule has 0 atom stereocenters. The Hall–Kier alpha value is -0.770. The average Bonchev–Trinajstić information content (AvgIpc) is 2.06. The second-order valence-corrected chi connectivity index (χ2v) is 1.84. The van der Waals surface area contributed by atoms with Crippen LogP contribution in [0.1, 0.15) is 20.8 Å². The van der Waals surface area contributed by atoms with Crippen molar-refractivity contribution in [1.82, 2.24) is 0 Å². The summed E-state index contributed by atoms with van der Waals surface area (Å²) in [6.07, 6.45) is -2.34. The van der Waals surface area contributed by atoms with Crippen LogP contribution < -0.4 is 0 Å². The van der Waals surface area contributed by atoms with E-state index < -0.39 is 6.08 Å². The molecule has 0 fully saturated rings. The standard InChI is InChI=1S/C6H14O2.C2F2O/c1-4-7-6(3)8-5-2;3-2(4)1-5/h6H,4-5H2,1-3H3;. The lowest BCUT2D eigenvalue weighted by molar-refractivity contribution is -0.123. The van der Waals surface area contributed by atoms with Crippen LogP contribution in [0.5, 0.6) is 0 Å². The van der Waals surface area contributed by atoms with Gasteiger partial charge in [0.2, 0.25) is 0 Å². The fourth-order valence-corrected chi connectivity index (χ4v) is 0.518. The third-order valence-corrected chi connectivity index (χ3v) is 0.880. The van der Waals surface area contributed by atoms with Gasteiger partial charge >= 0.3 is 6.08 Å². The minimum absolute atomic E-state index is 0.0370. The molecule has 0 aliphatic rings. The van der Waals surface area contributed by atoms with E-state index in [1.54, 1.807) is 0 Å². The quantitative estimate of drug-likeness (QED) is 0.509. The Bertz CT molecular complexity index is 145. The zero-order valence-corrected chi connectivity index (χ0v) is 7.97. The molecule has 0 rings (SSSR count). The molecule has 0 aromatic rings. The van der Waals surface area contributed by atoms with Gasteiger partial charge in [-0.05, 0) is 20.8 Å². The first-order valence-corrected chi connectivity index (χ1v) is 3.87. The second-order valence-electron chi connectivity index (χ2n) is 1.84. The summed E-state index contributed by atoms with van der Waals surface area (Å²) >= 11 is 0. The van der Waals surface area contributed by atoms with E-state index in [0.29, 0.717) is 5.94 Å². The van der Waals surface area contributed by atoms with Gasteiger partial charge in [0, 0.05) is 13.2 Å². The van der Waals surface area contributed by atoms with Crippen LogP contribution in [0.3, 0.4) is 0 Å². The van der Waals surface area contributed by atoms with Gasteiger partial charge in [-0.1, -0.05) is 0 Å². The van der Waals surface area contributed by atoms with Crippen LogP contribution in [0.15, 0.2) is 6.08 Å². The zero-order valence-electron chi connectivity index (χ0n) is 7.97. The van der Waals surface area contributed by atoms with E-state index in [-0.39, 0.29) is 6.29 Å². The van der Waals surface area contributed by atoms with Crippen LogP contribution in [0.25, 0.3) is 0 Å². The average molecular weight is 196 g/mol. The van der Waals surface area contributed by atoms with Gasteiger partial charge in [0.15, 0.2) is 12.2 Å². The molecule has 0 saturated heterocycles. The number of hydrogen-bond donors (Lipinski definition) is 0. The maximum Gasteiger partial charge on any atom is 0.352 e. The van der Waals surface area contributed by atoms with Crippen LogP contribution in [0.4, 0.5) is 8.78 Å². The first-order valence-electron chi connectivity index (χ1n) is 3.87. The van der Waals surface area contributed by atoms with Crippen LogP contribution in [-0.4, -0.2) is 25.4 Å².